The van der Waals surface area contributed by atoms with Crippen molar-refractivity contribution in [1.82, 2.24) is 5.32 Å². The molecule has 1 unspecified atom stereocenters. The summed E-state index contributed by atoms with van der Waals surface area (Å²) < 4.78 is 0. The smallest absolute Gasteiger partial charge is 0.224 e. The average molecular weight is 242 g/mol. The van der Waals surface area contributed by atoms with Gasteiger partial charge < -0.3 is 11.1 Å². The van der Waals surface area contributed by atoms with Crippen molar-refractivity contribution in [2.24, 2.45) is 17.1 Å². The molecule has 0 saturated heterocycles. The second kappa shape index (κ2) is 6.39. The predicted molar refractivity (Wildman–Crippen MR) is 73.7 cm³/mol. The number of carbonyl (C=O) groups is 1. The van der Waals surface area contributed by atoms with Crippen LogP contribution in [0.25, 0.3) is 0 Å². The predicted octanol–water partition coefficient (Wildman–Crippen LogP) is 2.69. The average Bonchev–Trinajstić information content (AvgIpc) is 2.24. The van der Waals surface area contributed by atoms with Gasteiger partial charge in [-0.05, 0) is 31.6 Å². The van der Waals surface area contributed by atoms with Crippen molar-refractivity contribution >= 4 is 5.91 Å². The molecule has 0 aliphatic rings. The Kier molecular flexibility index (Phi) is 6.17. The van der Waals surface area contributed by atoms with E-state index in [4.69, 9.17) is 5.73 Å². The first-order chi connectivity index (χ1) is 7.67. The number of amides is 1. The van der Waals surface area contributed by atoms with Gasteiger partial charge in [0.1, 0.15) is 0 Å². The number of hydrogen-bond acceptors (Lipinski definition) is 2. The van der Waals surface area contributed by atoms with E-state index in [9.17, 15) is 4.79 Å². The van der Waals surface area contributed by atoms with Gasteiger partial charge >= 0.3 is 0 Å². The summed E-state index contributed by atoms with van der Waals surface area (Å²) in [7, 11) is 0. The molecule has 102 valence electrons. The second-order valence-electron chi connectivity index (χ2n) is 6.45. The van der Waals surface area contributed by atoms with Crippen LogP contribution in [0.1, 0.15) is 60.8 Å². The molecule has 1 atom stereocenters. The number of nitrogens with one attached hydrogen (secondary N) is 1. The van der Waals surface area contributed by atoms with Gasteiger partial charge in [-0.15, -0.1) is 0 Å². The summed E-state index contributed by atoms with van der Waals surface area (Å²) in [6.07, 6.45) is 2.73. The Balaban J connectivity index is 4.56. The molecular weight excluding hydrogens is 212 g/mol. The molecule has 0 heterocycles. The van der Waals surface area contributed by atoms with E-state index in [0.717, 1.165) is 19.3 Å². The van der Waals surface area contributed by atoms with E-state index in [1.54, 1.807) is 0 Å². The van der Waals surface area contributed by atoms with Crippen LogP contribution >= 0.6 is 0 Å². The Morgan fingerprint density at radius 1 is 1.18 bits per heavy atom. The lowest BCUT2D eigenvalue weighted by atomic mass is 9.83. The lowest BCUT2D eigenvalue weighted by Crippen LogP contribution is -2.49. The fraction of sp³-hybridized carbons (Fsp3) is 0.929. The van der Waals surface area contributed by atoms with Crippen molar-refractivity contribution in [2.75, 3.05) is 6.54 Å². The number of rotatable bonds is 6. The summed E-state index contributed by atoms with van der Waals surface area (Å²) in [5.74, 6) is 0.0287. The minimum absolute atomic E-state index is 0.0765. The minimum atomic E-state index is -0.0949. The van der Waals surface area contributed by atoms with Crippen LogP contribution < -0.4 is 11.1 Å². The fourth-order valence-electron chi connectivity index (χ4n) is 1.85. The van der Waals surface area contributed by atoms with Crippen LogP contribution in [0.5, 0.6) is 0 Å². The summed E-state index contributed by atoms with van der Waals surface area (Å²) in [6.45, 7) is 13.1. The van der Waals surface area contributed by atoms with Crippen molar-refractivity contribution < 1.29 is 4.79 Å². The third-order valence-corrected chi connectivity index (χ3v) is 3.50. The molecule has 17 heavy (non-hydrogen) atoms. The maximum absolute atomic E-state index is 12.2. The lowest BCUT2D eigenvalue weighted by molar-refractivity contribution is -0.127. The Morgan fingerprint density at radius 3 is 1.94 bits per heavy atom. The first-order valence-electron chi connectivity index (χ1n) is 6.69. The number of hydrogen-bond donors (Lipinski definition) is 2. The molecule has 0 aliphatic heterocycles. The van der Waals surface area contributed by atoms with E-state index >= 15 is 0 Å². The Morgan fingerprint density at radius 2 is 1.65 bits per heavy atom. The van der Waals surface area contributed by atoms with Crippen LogP contribution in [-0.4, -0.2) is 18.0 Å². The van der Waals surface area contributed by atoms with E-state index in [1.807, 2.05) is 0 Å². The molecule has 0 aliphatic carbocycles. The highest BCUT2D eigenvalue weighted by atomic mass is 16.2. The zero-order valence-corrected chi connectivity index (χ0v) is 12.4. The highest BCUT2D eigenvalue weighted by Crippen LogP contribution is 2.25. The summed E-state index contributed by atoms with van der Waals surface area (Å²) in [5.41, 5.74) is 5.76. The van der Waals surface area contributed by atoms with Gasteiger partial charge in [-0.3, -0.25) is 4.79 Å². The van der Waals surface area contributed by atoms with Gasteiger partial charge in [-0.2, -0.15) is 0 Å². The van der Waals surface area contributed by atoms with Crippen molar-refractivity contribution in [2.45, 2.75) is 66.3 Å². The summed E-state index contributed by atoms with van der Waals surface area (Å²) in [6, 6.07) is 0. The van der Waals surface area contributed by atoms with Crippen LogP contribution in [0.15, 0.2) is 0 Å². The van der Waals surface area contributed by atoms with E-state index in [-0.39, 0.29) is 22.8 Å². The summed E-state index contributed by atoms with van der Waals surface area (Å²) in [5, 5.41) is 3.15. The standard InChI is InChI=1S/C14H30N2O/c1-7-14(6,8-2)16-12(17)11(10-15)9-13(3,4)5/h11H,7-10,15H2,1-6H3,(H,16,17). The van der Waals surface area contributed by atoms with Crippen LogP contribution in [0.4, 0.5) is 0 Å². The van der Waals surface area contributed by atoms with Gasteiger partial charge in [0.2, 0.25) is 5.91 Å². The molecule has 1 amide bonds. The number of carbonyl (C=O) groups excluding carboxylic acids is 1. The van der Waals surface area contributed by atoms with Crippen molar-refractivity contribution in [1.29, 1.82) is 0 Å². The monoisotopic (exact) mass is 242 g/mol. The lowest BCUT2D eigenvalue weighted by Gasteiger charge is -2.32. The number of nitrogens with two attached hydrogens (primary N) is 1. The largest absolute Gasteiger partial charge is 0.351 e. The van der Waals surface area contributed by atoms with Gasteiger partial charge in [0.15, 0.2) is 0 Å². The highest BCUT2D eigenvalue weighted by Gasteiger charge is 2.28. The van der Waals surface area contributed by atoms with E-state index in [2.05, 4.69) is 46.9 Å². The SMILES string of the molecule is CCC(C)(CC)NC(=O)C(CN)CC(C)(C)C. The summed E-state index contributed by atoms with van der Waals surface area (Å²) >= 11 is 0. The fourth-order valence-corrected chi connectivity index (χ4v) is 1.85. The summed E-state index contributed by atoms with van der Waals surface area (Å²) in [4.78, 5) is 12.2. The van der Waals surface area contributed by atoms with E-state index in [1.165, 1.54) is 0 Å². The molecule has 0 spiro atoms. The molecule has 0 aromatic rings. The first kappa shape index (κ1) is 16.4. The normalized spacial score (nSPS) is 14.5. The zero-order valence-electron chi connectivity index (χ0n) is 12.4. The minimum Gasteiger partial charge on any atom is -0.351 e. The van der Waals surface area contributed by atoms with Gasteiger partial charge in [0.25, 0.3) is 0 Å². The molecule has 0 bridgehead atoms. The van der Waals surface area contributed by atoms with E-state index in [0.29, 0.717) is 6.54 Å². The van der Waals surface area contributed by atoms with E-state index < -0.39 is 0 Å². The highest BCUT2D eigenvalue weighted by molar-refractivity contribution is 5.79. The molecule has 0 aromatic heterocycles. The first-order valence-corrected chi connectivity index (χ1v) is 6.69. The van der Waals surface area contributed by atoms with Crippen molar-refractivity contribution in [3.05, 3.63) is 0 Å². The molecular formula is C14H30N2O. The van der Waals surface area contributed by atoms with Gasteiger partial charge in [-0.25, -0.2) is 0 Å². The Hall–Kier alpha value is -0.570. The quantitative estimate of drug-likeness (QED) is 0.752. The topological polar surface area (TPSA) is 55.1 Å². The Labute approximate surface area is 107 Å². The zero-order chi connectivity index (χ0) is 13.7. The second-order valence-corrected chi connectivity index (χ2v) is 6.45. The maximum atomic E-state index is 12.2. The van der Waals surface area contributed by atoms with Crippen LogP contribution in [0.3, 0.4) is 0 Å². The molecule has 0 fully saturated rings. The molecule has 0 rings (SSSR count). The third kappa shape index (κ3) is 6.06. The van der Waals surface area contributed by atoms with Gasteiger partial charge in [0.05, 0.1) is 5.92 Å². The third-order valence-electron chi connectivity index (χ3n) is 3.50. The molecule has 3 nitrogen and oxygen atoms in total. The maximum Gasteiger partial charge on any atom is 0.224 e. The van der Waals surface area contributed by atoms with Gasteiger partial charge in [-0.1, -0.05) is 34.6 Å². The Bertz CT molecular complexity index is 239. The van der Waals surface area contributed by atoms with Crippen LogP contribution in [-0.2, 0) is 4.79 Å². The van der Waals surface area contributed by atoms with Crippen molar-refractivity contribution in [3.63, 3.8) is 0 Å². The molecule has 0 aromatic carbocycles. The van der Waals surface area contributed by atoms with Gasteiger partial charge in [0, 0.05) is 12.1 Å². The molecule has 3 N–H and O–H groups in total. The molecule has 0 radical (unpaired) electrons. The van der Waals surface area contributed by atoms with Crippen molar-refractivity contribution in [3.8, 4) is 0 Å². The molecule has 0 saturated carbocycles. The molecule has 3 heteroatoms. The van der Waals surface area contributed by atoms with Crippen LogP contribution in [0, 0.1) is 11.3 Å². The van der Waals surface area contributed by atoms with Crippen LogP contribution in [0.2, 0.25) is 0 Å².